The van der Waals surface area contributed by atoms with Crippen molar-refractivity contribution >= 4 is 15.9 Å². The lowest BCUT2D eigenvalue weighted by molar-refractivity contribution is 0.0975. The fourth-order valence-corrected chi connectivity index (χ4v) is 4.77. The number of aromatic nitrogens is 1. The first-order valence-electron chi connectivity index (χ1n) is 12.5. The van der Waals surface area contributed by atoms with E-state index in [1.807, 2.05) is 48.9 Å². The van der Waals surface area contributed by atoms with Gasteiger partial charge in [-0.25, -0.2) is 13.1 Å². The number of amides is 1. The van der Waals surface area contributed by atoms with E-state index >= 15 is 0 Å². The van der Waals surface area contributed by atoms with Crippen LogP contribution < -0.4 is 14.8 Å². The quantitative estimate of drug-likeness (QED) is 0.229. The Morgan fingerprint density at radius 1 is 1.08 bits per heavy atom. The van der Waals surface area contributed by atoms with Crippen LogP contribution >= 0.6 is 0 Å². The summed E-state index contributed by atoms with van der Waals surface area (Å²) < 4.78 is 32.1. The summed E-state index contributed by atoms with van der Waals surface area (Å²) in [6.45, 7) is 4.51. The number of nitrogens with one attached hydrogen (secondary N) is 2. The van der Waals surface area contributed by atoms with Crippen LogP contribution in [0.1, 0.15) is 47.9 Å². The number of ether oxygens (including phenoxy) is 1. The Bertz CT molecular complexity index is 1280. The van der Waals surface area contributed by atoms with E-state index in [0.29, 0.717) is 13.1 Å². The van der Waals surface area contributed by atoms with Crippen molar-refractivity contribution in [3.8, 4) is 16.9 Å². The van der Waals surface area contributed by atoms with Crippen molar-refractivity contribution in [2.24, 2.45) is 0 Å². The third-order valence-corrected chi connectivity index (χ3v) is 7.02. The monoisotopic (exact) mass is 541 g/mol. The van der Waals surface area contributed by atoms with E-state index in [1.54, 1.807) is 36.7 Å². The molecular formula is C28H35N3O6S. The molecule has 0 aliphatic carbocycles. The standard InChI is InChI=1S/C28H35N3O6S/c1-20(2)37-27-17-23(10-11-25(27)28(34)31-38(35,36)16-4-15-32)22-8-6-21(7-9-22)12-14-30-19-26(33)24-5-3-13-29-18-24/h3,5-11,13,17-18,20,26,30,32-33H,4,12,14-16,19H2,1-2H3,(H,31,34)/t26-/m0/s1. The molecule has 10 heteroatoms. The molecule has 204 valence electrons. The highest BCUT2D eigenvalue weighted by molar-refractivity contribution is 7.90. The van der Waals surface area contributed by atoms with Crippen molar-refractivity contribution in [2.75, 3.05) is 25.4 Å². The Balaban J connectivity index is 1.64. The molecule has 3 aromatic rings. The molecule has 0 radical (unpaired) electrons. The highest BCUT2D eigenvalue weighted by atomic mass is 32.2. The molecule has 38 heavy (non-hydrogen) atoms. The van der Waals surface area contributed by atoms with Crippen molar-refractivity contribution in [3.63, 3.8) is 0 Å². The lowest BCUT2D eigenvalue weighted by Gasteiger charge is -2.16. The maximum atomic E-state index is 12.7. The van der Waals surface area contributed by atoms with Crippen LogP contribution in [0.5, 0.6) is 5.75 Å². The molecule has 1 amide bonds. The molecule has 4 N–H and O–H groups in total. The van der Waals surface area contributed by atoms with Crippen LogP contribution in [-0.4, -0.2) is 61.1 Å². The van der Waals surface area contributed by atoms with Gasteiger partial charge in [-0.05, 0) is 68.1 Å². The van der Waals surface area contributed by atoms with E-state index in [4.69, 9.17) is 9.84 Å². The zero-order valence-corrected chi connectivity index (χ0v) is 22.4. The Kier molecular flexibility index (Phi) is 10.8. The molecular weight excluding hydrogens is 506 g/mol. The molecule has 0 saturated carbocycles. The van der Waals surface area contributed by atoms with Gasteiger partial charge >= 0.3 is 0 Å². The van der Waals surface area contributed by atoms with Crippen LogP contribution in [-0.2, 0) is 16.4 Å². The second kappa shape index (κ2) is 14.0. The number of pyridine rings is 1. The van der Waals surface area contributed by atoms with Crippen LogP contribution in [0.2, 0.25) is 0 Å². The van der Waals surface area contributed by atoms with Gasteiger partial charge in [0.05, 0.1) is 23.5 Å². The molecule has 2 aromatic carbocycles. The molecule has 9 nitrogen and oxygen atoms in total. The van der Waals surface area contributed by atoms with Gasteiger partial charge in [0, 0.05) is 31.1 Å². The Hall–Kier alpha value is -3.31. The third-order valence-electron chi connectivity index (χ3n) is 5.69. The van der Waals surface area contributed by atoms with Gasteiger partial charge in [0.2, 0.25) is 10.0 Å². The van der Waals surface area contributed by atoms with Crippen LogP contribution in [0.3, 0.4) is 0 Å². The fourth-order valence-electron chi connectivity index (χ4n) is 3.77. The van der Waals surface area contributed by atoms with Gasteiger partial charge in [0.25, 0.3) is 5.91 Å². The van der Waals surface area contributed by atoms with Crippen LogP contribution in [0.4, 0.5) is 0 Å². The summed E-state index contributed by atoms with van der Waals surface area (Å²) in [6.07, 6.45) is 3.31. The summed E-state index contributed by atoms with van der Waals surface area (Å²) in [4.78, 5) is 16.7. The lowest BCUT2D eigenvalue weighted by atomic mass is 10.0. The second-order valence-electron chi connectivity index (χ2n) is 9.16. The number of sulfonamides is 1. The van der Waals surface area contributed by atoms with Crippen LogP contribution in [0.15, 0.2) is 67.0 Å². The highest BCUT2D eigenvalue weighted by Gasteiger charge is 2.20. The molecule has 3 rings (SSSR count). The normalized spacial score (nSPS) is 12.3. The minimum atomic E-state index is -3.87. The van der Waals surface area contributed by atoms with E-state index in [-0.39, 0.29) is 36.2 Å². The molecule has 1 aromatic heterocycles. The molecule has 0 aliphatic heterocycles. The molecule has 1 atom stereocenters. The maximum Gasteiger partial charge on any atom is 0.268 e. The predicted molar refractivity (Wildman–Crippen MR) is 146 cm³/mol. The van der Waals surface area contributed by atoms with Crippen molar-refractivity contribution in [3.05, 3.63) is 83.7 Å². The molecule has 0 fully saturated rings. The number of benzene rings is 2. The van der Waals surface area contributed by atoms with Crippen molar-refractivity contribution in [2.45, 2.75) is 38.9 Å². The molecule has 0 spiro atoms. The number of nitrogens with zero attached hydrogens (tertiary/aromatic N) is 1. The van der Waals surface area contributed by atoms with Gasteiger partial charge in [0.15, 0.2) is 0 Å². The SMILES string of the molecule is CC(C)Oc1cc(-c2ccc(CCNC[C@H](O)c3cccnc3)cc2)ccc1C(=O)NS(=O)(=O)CCCO. The number of aliphatic hydroxyl groups is 2. The van der Waals surface area contributed by atoms with E-state index in [9.17, 15) is 18.3 Å². The first-order valence-corrected chi connectivity index (χ1v) is 14.2. The van der Waals surface area contributed by atoms with Gasteiger partial charge in [-0.15, -0.1) is 0 Å². The van der Waals surface area contributed by atoms with Gasteiger partial charge in [0.1, 0.15) is 5.75 Å². The van der Waals surface area contributed by atoms with Crippen molar-refractivity contribution in [1.82, 2.24) is 15.0 Å². The second-order valence-corrected chi connectivity index (χ2v) is 11.0. The van der Waals surface area contributed by atoms with Gasteiger partial charge in [-0.3, -0.25) is 9.78 Å². The first-order chi connectivity index (χ1) is 18.2. The van der Waals surface area contributed by atoms with E-state index in [2.05, 4.69) is 10.3 Å². The summed E-state index contributed by atoms with van der Waals surface area (Å²) in [5.74, 6) is -0.838. The van der Waals surface area contributed by atoms with E-state index in [0.717, 1.165) is 28.7 Å². The van der Waals surface area contributed by atoms with Gasteiger partial charge < -0.3 is 20.3 Å². The average Bonchev–Trinajstić information content (AvgIpc) is 2.90. The average molecular weight is 542 g/mol. The third kappa shape index (κ3) is 8.91. The Labute approximate surface area is 224 Å². The lowest BCUT2D eigenvalue weighted by Crippen LogP contribution is -2.33. The number of aliphatic hydroxyl groups excluding tert-OH is 2. The fraction of sp³-hybridized carbons (Fsp3) is 0.357. The Morgan fingerprint density at radius 2 is 1.82 bits per heavy atom. The van der Waals surface area contributed by atoms with E-state index < -0.39 is 22.0 Å². The molecule has 1 heterocycles. The molecule has 0 bridgehead atoms. The molecule has 0 unspecified atom stereocenters. The number of hydrogen-bond acceptors (Lipinski definition) is 8. The molecule has 0 aliphatic rings. The van der Waals surface area contributed by atoms with Crippen LogP contribution in [0, 0.1) is 0 Å². The minimum Gasteiger partial charge on any atom is -0.490 e. The predicted octanol–water partition coefficient (Wildman–Crippen LogP) is 2.84. The largest absolute Gasteiger partial charge is 0.490 e. The topological polar surface area (TPSA) is 138 Å². The zero-order chi connectivity index (χ0) is 27.5. The van der Waals surface area contributed by atoms with E-state index in [1.165, 1.54) is 0 Å². The highest BCUT2D eigenvalue weighted by Crippen LogP contribution is 2.29. The number of carbonyl (C=O) groups excluding carboxylic acids is 1. The first kappa shape index (κ1) is 29.2. The molecule has 0 saturated heterocycles. The summed E-state index contributed by atoms with van der Waals surface area (Å²) in [6, 6.07) is 16.7. The van der Waals surface area contributed by atoms with Gasteiger partial charge in [-0.2, -0.15) is 0 Å². The van der Waals surface area contributed by atoms with Crippen molar-refractivity contribution in [1.29, 1.82) is 0 Å². The van der Waals surface area contributed by atoms with Gasteiger partial charge in [-0.1, -0.05) is 36.4 Å². The minimum absolute atomic E-state index is 0.0380. The zero-order valence-electron chi connectivity index (χ0n) is 21.6. The Morgan fingerprint density at radius 3 is 2.47 bits per heavy atom. The number of hydrogen-bond donors (Lipinski definition) is 4. The number of carbonyl (C=O) groups is 1. The summed E-state index contributed by atoms with van der Waals surface area (Å²) >= 11 is 0. The summed E-state index contributed by atoms with van der Waals surface area (Å²) in [5.41, 5.74) is 3.76. The van der Waals surface area contributed by atoms with Crippen molar-refractivity contribution < 1.29 is 28.2 Å². The smallest absolute Gasteiger partial charge is 0.268 e. The maximum absolute atomic E-state index is 12.7. The summed E-state index contributed by atoms with van der Waals surface area (Å²) in [5, 5.41) is 22.4. The van der Waals surface area contributed by atoms with Crippen LogP contribution in [0.25, 0.3) is 11.1 Å². The summed E-state index contributed by atoms with van der Waals surface area (Å²) in [7, 11) is -3.87. The number of rotatable bonds is 14.